The molecule has 0 aromatic carbocycles. The SMILES string of the molecule is CC(C)(N=[N+]=[N-])C(=O)O. The van der Waals surface area contributed by atoms with E-state index < -0.39 is 11.5 Å². The lowest BCUT2D eigenvalue weighted by molar-refractivity contribution is -0.141. The van der Waals surface area contributed by atoms with E-state index in [1.165, 1.54) is 13.8 Å². The summed E-state index contributed by atoms with van der Waals surface area (Å²) in [5, 5.41) is 11.3. The van der Waals surface area contributed by atoms with Crippen LogP contribution in [0.15, 0.2) is 5.11 Å². The van der Waals surface area contributed by atoms with E-state index in [0.29, 0.717) is 0 Å². The van der Waals surface area contributed by atoms with Crippen LogP contribution in [0.25, 0.3) is 10.4 Å². The summed E-state index contributed by atoms with van der Waals surface area (Å²) in [6.07, 6.45) is 0. The fourth-order valence-corrected chi connectivity index (χ4v) is 0.155. The lowest BCUT2D eigenvalue weighted by Crippen LogP contribution is -2.27. The van der Waals surface area contributed by atoms with Crippen molar-refractivity contribution in [2.45, 2.75) is 19.4 Å². The van der Waals surface area contributed by atoms with Gasteiger partial charge in [-0.3, -0.25) is 4.79 Å². The van der Waals surface area contributed by atoms with Gasteiger partial charge in [0.15, 0.2) is 0 Å². The molecule has 0 aromatic rings. The van der Waals surface area contributed by atoms with Crippen LogP contribution in [-0.2, 0) is 4.79 Å². The molecule has 0 saturated carbocycles. The monoisotopic (exact) mass is 129 g/mol. The third kappa shape index (κ3) is 2.01. The van der Waals surface area contributed by atoms with Gasteiger partial charge in [0.05, 0.1) is 0 Å². The molecule has 0 saturated heterocycles. The molecule has 5 nitrogen and oxygen atoms in total. The van der Waals surface area contributed by atoms with Crippen molar-refractivity contribution < 1.29 is 9.90 Å². The van der Waals surface area contributed by atoms with Crippen molar-refractivity contribution >= 4 is 5.97 Å². The normalized spacial score (nSPS) is 10.0. The zero-order chi connectivity index (χ0) is 7.49. The van der Waals surface area contributed by atoms with Crippen LogP contribution in [-0.4, -0.2) is 16.6 Å². The molecule has 0 aliphatic carbocycles. The second kappa shape index (κ2) is 2.37. The molecule has 0 rings (SSSR count). The molecule has 0 fully saturated rings. The van der Waals surface area contributed by atoms with Crippen LogP contribution >= 0.6 is 0 Å². The summed E-state index contributed by atoms with van der Waals surface area (Å²) in [5.74, 6) is -1.12. The van der Waals surface area contributed by atoms with E-state index in [2.05, 4.69) is 10.0 Å². The molecule has 0 radical (unpaired) electrons. The third-order valence-electron chi connectivity index (χ3n) is 0.818. The van der Waals surface area contributed by atoms with Crippen molar-refractivity contribution in [3.8, 4) is 0 Å². The Kier molecular flexibility index (Phi) is 2.05. The van der Waals surface area contributed by atoms with Crippen LogP contribution in [0, 0.1) is 0 Å². The fourth-order valence-electron chi connectivity index (χ4n) is 0.155. The van der Waals surface area contributed by atoms with Gasteiger partial charge in [0.1, 0.15) is 5.54 Å². The van der Waals surface area contributed by atoms with Gasteiger partial charge in [-0.25, -0.2) is 0 Å². The van der Waals surface area contributed by atoms with E-state index in [0.717, 1.165) is 0 Å². The summed E-state index contributed by atoms with van der Waals surface area (Å²) in [6, 6.07) is 0. The summed E-state index contributed by atoms with van der Waals surface area (Å²) in [4.78, 5) is 12.5. The van der Waals surface area contributed by atoms with Gasteiger partial charge in [-0.2, -0.15) is 0 Å². The lowest BCUT2D eigenvalue weighted by atomic mass is 10.1. The van der Waals surface area contributed by atoms with Gasteiger partial charge in [-0.15, -0.1) is 0 Å². The number of rotatable bonds is 2. The van der Waals surface area contributed by atoms with Gasteiger partial charge in [0.25, 0.3) is 0 Å². The van der Waals surface area contributed by atoms with E-state index in [4.69, 9.17) is 10.6 Å². The predicted octanol–water partition coefficient (Wildman–Crippen LogP) is 1.16. The molecule has 0 heterocycles. The van der Waals surface area contributed by atoms with Crippen LogP contribution in [0.3, 0.4) is 0 Å². The smallest absolute Gasteiger partial charge is 0.315 e. The molecule has 0 aromatic heterocycles. The van der Waals surface area contributed by atoms with Crippen molar-refractivity contribution in [1.82, 2.24) is 0 Å². The number of carbonyl (C=O) groups is 1. The van der Waals surface area contributed by atoms with Crippen LogP contribution in [0.1, 0.15) is 13.8 Å². The molecular weight excluding hydrogens is 122 g/mol. The molecule has 9 heavy (non-hydrogen) atoms. The van der Waals surface area contributed by atoms with E-state index in [9.17, 15) is 4.79 Å². The maximum Gasteiger partial charge on any atom is 0.315 e. The van der Waals surface area contributed by atoms with Gasteiger partial charge in [0.2, 0.25) is 0 Å². The second-order valence-corrected chi connectivity index (χ2v) is 2.05. The molecule has 50 valence electrons. The first kappa shape index (κ1) is 7.78. The summed E-state index contributed by atoms with van der Waals surface area (Å²) >= 11 is 0. The highest BCUT2D eigenvalue weighted by molar-refractivity contribution is 5.77. The summed E-state index contributed by atoms with van der Waals surface area (Å²) < 4.78 is 0. The van der Waals surface area contributed by atoms with Crippen molar-refractivity contribution in [2.75, 3.05) is 0 Å². The first-order chi connectivity index (χ1) is 4.00. The average molecular weight is 129 g/mol. The Morgan fingerprint density at radius 1 is 1.78 bits per heavy atom. The molecule has 0 aliphatic rings. The van der Waals surface area contributed by atoms with E-state index in [1.54, 1.807) is 0 Å². The second-order valence-electron chi connectivity index (χ2n) is 2.05. The van der Waals surface area contributed by atoms with Crippen LogP contribution in [0.5, 0.6) is 0 Å². The molecular formula is C4H7N3O2. The molecule has 1 N–H and O–H groups in total. The highest BCUT2D eigenvalue weighted by atomic mass is 16.4. The molecule has 0 spiro atoms. The standard InChI is InChI=1S/C4H7N3O2/c1-4(2,3(8)9)6-7-5/h1-2H3,(H,8,9). The largest absolute Gasteiger partial charge is 0.481 e. The number of hydrogen-bond donors (Lipinski definition) is 1. The highest BCUT2D eigenvalue weighted by Crippen LogP contribution is 2.07. The van der Waals surface area contributed by atoms with Gasteiger partial charge in [-0.05, 0) is 19.4 Å². The van der Waals surface area contributed by atoms with Crippen LogP contribution in [0.2, 0.25) is 0 Å². The number of azide groups is 1. The Morgan fingerprint density at radius 3 is 2.33 bits per heavy atom. The zero-order valence-corrected chi connectivity index (χ0v) is 5.20. The maximum absolute atomic E-state index is 10.1. The highest BCUT2D eigenvalue weighted by Gasteiger charge is 2.24. The molecule has 0 amide bonds. The number of nitrogens with zero attached hydrogens (tertiary/aromatic N) is 3. The Balaban J connectivity index is 4.37. The van der Waals surface area contributed by atoms with Crippen molar-refractivity contribution in [1.29, 1.82) is 0 Å². The molecule has 0 atom stereocenters. The van der Waals surface area contributed by atoms with Crippen molar-refractivity contribution in [2.24, 2.45) is 5.11 Å². The third-order valence-corrected chi connectivity index (χ3v) is 0.818. The van der Waals surface area contributed by atoms with E-state index in [-0.39, 0.29) is 0 Å². The Bertz CT molecular complexity index is 165. The first-order valence-electron chi connectivity index (χ1n) is 2.30. The average Bonchev–Trinajstić information content (AvgIpc) is 1.65. The van der Waals surface area contributed by atoms with Gasteiger partial charge in [0, 0.05) is 4.91 Å². The topological polar surface area (TPSA) is 86.1 Å². The van der Waals surface area contributed by atoms with E-state index >= 15 is 0 Å². The number of hydrogen-bond acceptors (Lipinski definition) is 2. The zero-order valence-electron chi connectivity index (χ0n) is 5.20. The quantitative estimate of drug-likeness (QED) is 0.344. The van der Waals surface area contributed by atoms with Crippen molar-refractivity contribution in [3.63, 3.8) is 0 Å². The number of aliphatic carboxylic acids is 1. The Morgan fingerprint density at radius 2 is 2.22 bits per heavy atom. The first-order valence-corrected chi connectivity index (χ1v) is 2.30. The lowest BCUT2D eigenvalue weighted by Gasteiger charge is -2.08. The van der Waals surface area contributed by atoms with Crippen LogP contribution in [0.4, 0.5) is 0 Å². The minimum atomic E-state index is -1.32. The minimum Gasteiger partial charge on any atom is -0.481 e. The number of carboxylic acid groups (broad SMARTS) is 1. The van der Waals surface area contributed by atoms with Gasteiger partial charge < -0.3 is 5.11 Å². The van der Waals surface area contributed by atoms with Gasteiger partial charge in [-0.1, -0.05) is 5.11 Å². The molecule has 0 unspecified atom stereocenters. The van der Waals surface area contributed by atoms with Crippen LogP contribution < -0.4 is 0 Å². The molecule has 0 bridgehead atoms. The molecule has 5 heteroatoms. The fraction of sp³-hybridized carbons (Fsp3) is 0.750. The molecule has 0 aliphatic heterocycles. The van der Waals surface area contributed by atoms with E-state index in [1.807, 2.05) is 0 Å². The van der Waals surface area contributed by atoms with Gasteiger partial charge >= 0.3 is 5.97 Å². The Hall–Kier alpha value is -1.22. The predicted molar refractivity (Wildman–Crippen MR) is 30.9 cm³/mol. The number of carboxylic acids is 1. The minimum absolute atomic E-state index is 1.12. The summed E-state index contributed by atoms with van der Waals surface area (Å²) in [5.41, 5.74) is 6.52. The maximum atomic E-state index is 10.1. The Labute approximate surface area is 51.9 Å². The van der Waals surface area contributed by atoms with Crippen molar-refractivity contribution in [3.05, 3.63) is 10.4 Å². The summed E-state index contributed by atoms with van der Waals surface area (Å²) in [6.45, 7) is 2.66. The summed E-state index contributed by atoms with van der Waals surface area (Å²) in [7, 11) is 0.